The summed E-state index contributed by atoms with van der Waals surface area (Å²) in [5.74, 6) is -0.475. The molecule has 4 nitrogen and oxygen atoms in total. The lowest BCUT2D eigenvalue weighted by atomic mass is 10.2. The van der Waals surface area contributed by atoms with Crippen molar-refractivity contribution in [2.75, 3.05) is 11.6 Å². The molecule has 2 aromatic rings. The van der Waals surface area contributed by atoms with Gasteiger partial charge in [0.1, 0.15) is 5.82 Å². The van der Waals surface area contributed by atoms with E-state index in [1.54, 1.807) is 12.1 Å². The highest BCUT2D eigenvalue weighted by Gasteiger charge is 2.08. The van der Waals surface area contributed by atoms with Gasteiger partial charge in [-0.2, -0.15) is 0 Å². The lowest BCUT2D eigenvalue weighted by Gasteiger charge is -2.07. The van der Waals surface area contributed by atoms with Crippen LogP contribution in [0.3, 0.4) is 0 Å². The second-order valence-corrected chi connectivity index (χ2v) is 6.63. The summed E-state index contributed by atoms with van der Waals surface area (Å²) in [6.07, 6.45) is 2.52. The van der Waals surface area contributed by atoms with Crippen LogP contribution in [0, 0.1) is 5.82 Å². The Balaban J connectivity index is 2.06. The highest BCUT2D eigenvalue weighted by atomic mass is 35.5. The minimum absolute atomic E-state index is 0.0144. The van der Waals surface area contributed by atoms with Crippen molar-refractivity contribution in [3.05, 3.63) is 52.9 Å². The van der Waals surface area contributed by atoms with Gasteiger partial charge < -0.3 is 5.32 Å². The van der Waals surface area contributed by atoms with Gasteiger partial charge in [0.15, 0.2) is 14.9 Å². The first kappa shape index (κ1) is 14.7. The summed E-state index contributed by atoms with van der Waals surface area (Å²) in [6.45, 7) is 0.383. The van der Waals surface area contributed by atoms with E-state index < -0.39 is 15.7 Å². The third-order valence-corrected chi connectivity index (χ3v) is 3.90. The molecule has 0 bridgehead atoms. The van der Waals surface area contributed by atoms with Crippen molar-refractivity contribution in [1.82, 2.24) is 4.98 Å². The largest absolute Gasteiger partial charge is 0.380 e. The predicted octanol–water partition coefficient (Wildman–Crippen LogP) is 2.89. The van der Waals surface area contributed by atoms with E-state index in [1.165, 1.54) is 24.4 Å². The zero-order valence-electron chi connectivity index (χ0n) is 10.6. The van der Waals surface area contributed by atoms with Crippen LogP contribution in [-0.4, -0.2) is 19.7 Å². The van der Waals surface area contributed by atoms with E-state index in [9.17, 15) is 12.8 Å². The van der Waals surface area contributed by atoms with Crippen LogP contribution in [0.1, 0.15) is 5.56 Å². The molecular formula is C13H12ClFN2O2S. The minimum atomic E-state index is -3.30. The first-order valence-corrected chi connectivity index (χ1v) is 7.97. The van der Waals surface area contributed by atoms with E-state index in [4.69, 9.17) is 11.6 Å². The topological polar surface area (TPSA) is 59.1 Å². The van der Waals surface area contributed by atoms with Gasteiger partial charge in [-0.3, -0.25) is 0 Å². The second kappa shape index (κ2) is 5.76. The van der Waals surface area contributed by atoms with Crippen LogP contribution in [0.2, 0.25) is 5.02 Å². The second-order valence-electron chi connectivity index (χ2n) is 4.26. The molecule has 0 amide bonds. The van der Waals surface area contributed by atoms with Crippen LogP contribution in [0.4, 0.5) is 10.1 Å². The van der Waals surface area contributed by atoms with E-state index in [1.807, 2.05) is 0 Å². The summed E-state index contributed by atoms with van der Waals surface area (Å²) in [6, 6.07) is 7.55. The number of halogens is 2. The SMILES string of the molecule is CS(=O)(=O)c1ccc(NCc2ccc(Cl)c(F)c2)cn1. The van der Waals surface area contributed by atoms with Crippen molar-refractivity contribution in [3.8, 4) is 0 Å². The average molecular weight is 315 g/mol. The predicted molar refractivity (Wildman–Crippen MR) is 76.1 cm³/mol. The number of sulfone groups is 1. The number of aromatic nitrogens is 1. The molecule has 0 radical (unpaired) electrons. The summed E-state index contributed by atoms with van der Waals surface area (Å²) < 4.78 is 35.8. The average Bonchev–Trinajstić information content (AvgIpc) is 2.40. The zero-order valence-corrected chi connectivity index (χ0v) is 12.2. The summed E-state index contributed by atoms with van der Waals surface area (Å²) in [5.41, 5.74) is 1.37. The van der Waals surface area contributed by atoms with Crippen LogP contribution in [-0.2, 0) is 16.4 Å². The monoisotopic (exact) mass is 314 g/mol. The van der Waals surface area contributed by atoms with Gasteiger partial charge >= 0.3 is 0 Å². The van der Waals surface area contributed by atoms with Gasteiger partial charge in [0.05, 0.1) is 16.9 Å². The standard InChI is InChI=1S/C13H12ClFN2O2S/c1-20(18,19)13-5-3-10(8-17-13)16-7-9-2-4-11(14)12(15)6-9/h2-6,8,16H,7H2,1H3. The third kappa shape index (κ3) is 3.68. The van der Waals surface area contributed by atoms with Crippen molar-refractivity contribution >= 4 is 27.1 Å². The lowest BCUT2D eigenvalue weighted by Crippen LogP contribution is -2.03. The summed E-state index contributed by atoms with van der Waals surface area (Å²) >= 11 is 5.60. The quantitative estimate of drug-likeness (QED) is 0.942. The van der Waals surface area contributed by atoms with Gasteiger partial charge in [0.25, 0.3) is 0 Å². The molecule has 0 saturated carbocycles. The van der Waals surface area contributed by atoms with Crippen LogP contribution in [0.5, 0.6) is 0 Å². The van der Waals surface area contributed by atoms with Crippen molar-refractivity contribution in [3.63, 3.8) is 0 Å². The number of benzene rings is 1. The molecule has 106 valence electrons. The number of nitrogens with zero attached hydrogens (tertiary/aromatic N) is 1. The van der Waals surface area contributed by atoms with E-state index in [-0.39, 0.29) is 10.0 Å². The van der Waals surface area contributed by atoms with Crippen molar-refractivity contribution in [2.24, 2.45) is 0 Å². The summed E-state index contributed by atoms with van der Waals surface area (Å²) in [5, 5.41) is 3.11. The molecule has 20 heavy (non-hydrogen) atoms. The van der Waals surface area contributed by atoms with Crippen LogP contribution in [0.15, 0.2) is 41.6 Å². The molecule has 0 aliphatic rings. The molecular weight excluding hydrogens is 303 g/mol. The van der Waals surface area contributed by atoms with Gasteiger partial charge in [0.2, 0.25) is 0 Å². The third-order valence-electron chi connectivity index (χ3n) is 2.60. The Kier molecular flexibility index (Phi) is 4.25. The zero-order chi connectivity index (χ0) is 14.8. The minimum Gasteiger partial charge on any atom is -0.380 e. The fourth-order valence-corrected chi connectivity index (χ4v) is 2.23. The molecule has 0 spiro atoms. The Hall–Kier alpha value is -1.66. The molecule has 0 fully saturated rings. The Labute approximate surface area is 121 Å². The van der Waals surface area contributed by atoms with E-state index in [0.717, 1.165) is 11.8 Å². The van der Waals surface area contributed by atoms with Crippen molar-refractivity contribution in [1.29, 1.82) is 0 Å². The Morgan fingerprint density at radius 2 is 2.05 bits per heavy atom. The number of anilines is 1. The Morgan fingerprint density at radius 1 is 1.30 bits per heavy atom. The van der Waals surface area contributed by atoms with Crippen molar-refractivity contribution in [2.45, 2.75) is 11.6 Å². The van der Waals surface area contributed by atoms with Crippen LogP contribution >= 0.6 is 11.6 Å². The normalized spacial score (nSPS) is 11.3. The first-order valence-electron chi connectivity index (χ1n) is 5.70. The number of hydrogen-bond acceptors (Lipinski definition) is 4. The van der Waals surface area contributed by atoms with Crippen LogP contribution in [0.25, 0.3) is 0 Å². The molecule has 1 heterocycles. The fraction of sp³-hybridized carbons (Fsp3) is 0.154. The molecule has 0 unspecified atom stereocenters. The molecule has 0 atom stereocenters. The summed E-state index contributed by atoms with van der Waals surface area (Å²) in [7, 11) is -3.30. The molecule has 0 saturated heterocycles. The Bertz CT molecular complexity index is 718. The van der Waals surface area contributed by atoms with E-state index in [0.29, 0.717) is 12.2 Å². The molecule has 1 N–H and O–H groups in total. The van der Waals surface area contributed by atoms with Gasteiger partial charge in [-0.1, -0.05) is 17.7 Å². The molecule has 2 rings (SSSR count). The fourth-order valence-electron chi connectivity index (χ4n) is 1.56. The molecule has 0 aliphatic heterocycles. The lowest BCUT2D eigenvalue weighted by molar-refractivity contribution is 0.598. The highest BCUT2D eigenvalue weighted by Crippen LogP contribution is 2.17. The number of hydrogen-bond donors (Lipinski definition) is 1. The Morgan fingerprint density at radius 3 is 2.60 bits per heavy atom. The van der Waals surface area contributed by atoms with Gasteiger partial charge in [-0.05, 0) is 29.8 Å². The highest BCUT2D eigenvalue weighted by molar-refractivity contribution is 7.90. The number of rotatable bonds is 4. The molecule has 7 heteroatoms. The maximum atomic E-state index is 13.3. The first-order chi connectivity index (χ1) is 9.36. The maximum absolute atomic E-state index is 13.3. The summed E-state index contributed by atoms with van der Waals surface area (Å²) in [4.78, 5) is 3.85. The molecule has 0 aliphatic carbocycles. The number of pyridine rings is 1. The molecule has 1 aromatic carbocycles. The van der Waals surface area contributed by atoms with E-state index >= 15 is 0 Å². The van der Waals surface area contributed by atoms with Crippen LogP contribution < -0.4 is 5.32 Å². The van der Waals surface area contributed by atoms with Gasteiger partial charge in [-0.15, -0.1) is 0 Å². The van der Waals surface area contributed by atoms with E-state index in [2.05, 4.69) is 10.3 Å². The molecule has 1 aromatic heterocycles. The van der Waals surface area contributed by atoms with Crippen molar-refractivity contribution < 1.29 is 12.8 Å². The van der Waals surface area contributed by atoms with Gasteiger partial charge in [-0.25, -0.2) is 17.8 Å². The van der Waals surface area contributed by atoms with Gasteiger partial charge in [0, 0.05) is 12.8 Å². The maximum Gasteiger partial charge on any atom is 0.192 e. The number of nitrogens with one attached hydrogen (secondary N) is 1. The smallest absolute Gasteiger partial charge is 0.192 e.